The van der Waals surface area contributed by atoms with Gasteiger partial charge in [0.25, 0.3) is 0 Å². The number of nitrogens with two attached hydrogens (primary N) is 1. The molecule has 0 fully saturated rings. The number of hydrogen-bond donors (Lipinski definition) is 2. The van der Waals surface area contributed by atoms with Crippen molar-refractivity contribution in [2.24, 2.45) is 10.7 Å². The van der Waals surface area contributed by atoms with Crippen molar-refractivity contribution in [2.75, 3.05) is 24.6 Å². The van der Waals surface area contributed by atoms with Gasteiger partial charge >= 0.3 is 0 Å². The topological polar surface area (TPSA) is 84.5 Å². The van der Waals surface area contributed by atoms with Crippen molar-refractivity contribution in [3.63, 3.8) is 0 Å². The zero-order valence-electron chi connectivity index (χ0n) is 9.19. The lowest BCUT2D eigenvalue weighted by Gasteiger charge is -2.04. The molecule has 92 valence electrons. The molecule has 7 heteroatoms. The van der Waals surface area contributed by atoms with Crippen LogP contribution < -0.4 is 11.1 Å². The van der Waals surface area contributed by atoms with Crippen LogP contribution in [0.15, 0.2) is 4.99 Å². The number of halogens is 1. The zero-order valence-corrected chi connectivity index (χ0v) is 12.3. The first-order chi connectivity index (χ1) is 6.52. The predicted molar refractivity (Wildman–Crippen MR) is 74.5 cm³/mol. The number of hydrogen-bond acceptors (Lipinski definition) is 3. The van der Waals surface area contributed by atoms with E-state index < -0.39 is 9.84 Å². The number of rotatable bonds is 6. The van der Waals surface area contributed by atoms with Gasteiger partial charge in [0.05, 0.1) is 5.75 Å². The summed E-state index contributed by atoms with van der Waals surface area (Å²) in [5.74, 6) is 0.588. The number of nitrogens with zero attached hydrogens (tertiary/aromatic N) is 1. The molecular weight excluding hydrogens is 329 g/mol. The molecule has 0 spiro atoms. The third-order valence-electron chi connectivity index (χ3n) is 1.66. The van der Waals surface area contributed by atoms with Crippen molar-refractivity contribution in [2.45, 2.75) is 20.3 Å². The van der Waals surface area contributed by atoms with Crippen molar-refractivity contribution in [1.82, 2.24) is 5.32 Å². The molecule has 0 aliphatic rings. The van der Waals surface area contributed by atoms with Gasteiger partial charge in [-0.3, -0.25) is 4.99 Å². The van der Waals surface area contributed by atoms with Crippen molar-refractivity contribution in [1.29, 1.82) is 0 Å². The van der Waals surface area contributed by atoms with Gasteiger partial charge in [-0.2, -0.15) is 0 Å². The van der Waals surface area contributed by atoms with Crippen LogP contribution >= 0.6 is 24.0 Å². The van der Waals surface area contributed by atoms with E-state index in [0.717, 1.165) is 6.42 Å². The molecule has 0 aromatic carbocycles. The number of nitrogens with one attached hydrogen (secondary N) is 1. The third kappa shape index (κ3) is 10.2. The van der Waals surface area contributed by atoms with Gasteiger partial charge in [0.2, 0.25) is 0 Å². The standard InChI is InChI=1S/C8H19N3O2S.HI/c1-3-5-10-8(9)11-6-7-14(12,13)4-2;/h3-7H2,1-2H3,(H3,9,10,11);1H. The van der Waals surface area contributed by atoms with E-state index >= 15 is 0 Å². The molecule has 0 aromatic rings. The molecule has 0 aromatic heterocycles. The van der Waals surface area contributed by atoms with Crippen LogP contribution in [0.1, 0.15) is 20.3 Å². The summed E-state index contributed by atoms with van der Waals surface area (Å²) in [7, 11) is -2.91. The van der Waals surface area contributed by atoms with E-state index in [2.05, 4.69) is 10.3 Å². The zero-order chi connectivity index (χ0) is 11.0. The molecule has 0 bridgehead atoms. The fourth-order valence-electron chi connectivity index (χ4n) is 0.767. The Bertz CT molecular complexity index is 278. The second kappa shape index (κ2) is 9.20. The molecule has 5 nitrogen and oxygen atoms in total. The highest BCUT2D eigenvalue weighted by Gasteiger charge is 2.05. The summed E-state index contributed by atoms with van der Waals surface area (Å²) in [6, 6.07) is 0. The van der Waals surface area contributed by atoms with Crippen molar-refractivity contribution < 1.29 is 8.42 Å². The largest absolute Gasteiger partial charge is 0.370 e. The Morgan fingerprint density at radius 3 is 2.47 bits per heavy atom. The van der Waals surface area contributed by atoms with Crippen molar-refractivity contribution in [3.8, 4) is 0 Å². The molecule has 0 rings (SSSR count). The minimum atomic E-state index is -2.91. The normalized spacial score (nSPS) is 12.0. The number of sulfone groups is 1. The summed E-state index contributed by atoms with van der Waals surface area (Å²) in [4.78, 5) is 3.98. The molecule has 0 heterocycles. The average molecular weight is 349 g/mol. The lowest BCUT2D eigenvalue weighted by atomic mass is 10.5. The second-order valence-corrected chi connectivity index (χ2v) is 5.40. The molecule has 15 heavy (non-hydrogen) atoms. The van der Waals surface area contributed by atoms with Crippen LogP contribution in [0.4, 0.5) is 0 Å². The van der Waals surface area contributed by atoms with Crippen LogP contribution in [0.2, 0.25) is 0 Å². The van der Waals surface area contributed by atoms with Crippen LogP contribution in [-0.2, 0) is 9.84 Å². The van der Waals surface area contributed by atoms with Gasteiger partial charge in [-0.25, -0.2) is 8.42 Å². The molecule has 0 atom stereocenters. The lowest BCUT2D eigenvalue weighted by Crippen LogP contribution is -2.35. The third-order valence-corrected chi connectivity index (χ3v) is 3.37. The highest BCUT2D eigenvalue weighted by atomic mass is 127. The summed E-state index contributed by atoms with van der Waals surface area (Å²) in [6.45, 7) is 4.62. The maximum Gasteiger partial charge on any atom is 0.188 e. The highest BCUT2D eigenvalue weighted by Crippen LogP contribution is 1.86. The van der Waals surface area contributed by atoms with Crippen molar-refractivity contribution >= 4 is 39.8 Å². The van der Waals surface area contributed by atoms with E-state index in [4.69, 9.17) is 5.73 Å². The van der Waals surface area contributed by atoms with E-state index in [1.165, 1.54) is 0 Å². The van der Waals surface area contributed by atoms with Gasteiger partial charge in [-0.1, -0.05) is 13.8 Å². The summed E-state index contributed by atoms with van der Waals surface area (Å²) < 4.78 is 22.1. The number of guanidine groups is 1. The Morgan fingerprint density at radius 2 is 2.00 bits per heavy atom. The predicted octanol–water partition coefficient (Wildman–Crippen LogP) is 0.353. The Hall–Kier alpha value is -0.0500. The summed E-state index contributed by atoms with van der Waals surface area (Å²) >= 11 is 0. The maximum atomic E-state index is 11.1. The van der Waals surface area contributed by atoms with Crippen LogP contribution in [0.3, 0.4) is 0 Å². The van der Waals surface area contributed by atoms with Crippen LogP contribution in [0.5, 0.6) is 0 Å². The monoisotopic (exact) mass is 349 g/mol. The highest BCUT2D eigenvalue weighted by molar-refractivity contribution is 14.0. The fourth-order valence-corrected chi connectivity index (χ4v) is 1.47. The first-order valence-electron chi connectivity index (χ1n) is 4.76. The van der Waals surface area contributed by atoms with Gasteiger partial charge < -0.3 is 11.1 Å². The van der Waals surface area contributed by atoms with E-state index in [0.29, 0.717) is 19.0 Å². The molecule has 0 saturated heterocycles. The molecule has 0 saturated carbocycles. The van der Waals surface area contributed by atoms with Crippen LogP contribution in [0, 0.1) is 0 Å². The summed E-state index contributed by atoms with van der Waals surface area (Å²) in [6.07, 6.45) is 0.926. The molecule has 0 unspecified atom stereocenters. The molecule has 0 aliphatic carbocycles. The van der Waals surface area contributed by atoms with Crippen LogP contribution in [-0.4, -0.2) is 39.0 Å². The van der Waals surface area contributed by atoms with Gasteiger partial charge in [0, 0.05) is 18.8 Å². The quantitative estimate of drug-likeness (QED) is 0.412. The average Bonchev–Trinajstić information content (AvgIpc) is 2.14. The Kier molecular flexibility index (Phi) is 10.6. The molecule has 0 radical (unpaired) electrons. The van der Waals surface area contributed by atoms with Gasteiger partial charge in [0.1, 0.15) is 0 Å². The second-order valence-electron chi connectivity index (χ2n) is 2.93. The maximum absolute atomic E-state index is 11.1. The minimum absolute atomic E-state index is 0. The minimum Gasteiger partial charge on any atom is -0.370 e. The summed E-state index contributed by atoms with van der Waals surface area (Å²) in [5, 5.41) is 2.76. The molecule has 3 N–H and O–H groups in total. The van der Waals surface area contributed by atoms with E-state index in [1.54, 1.807) is 6.92 Å². The molecular formula is C8H20IN3O2S. The van der Waals surface area contributed by atoms with E-state index in [1.807, 2.05) is 6.92 Å². The molecule has 0 aliphatic heterocycles. The van der Waals surface area contributed by atoms with Gasteiger partial charge in [-0.15, -0.1) is 24.0 Å². The van der Waals surface area contributed by atoms with E-state index in [-0.39, 0.29) is 35.5 Å². The number of aliphatic imine (C=N–C) groups is 1. The molecule has 0 amide bonds. The summed E-state index contributed by atoms with van der Waals surface area (Å²) in [5.41, 5.74) is 5.47. The van der Waals surface area contributed by atoms with Crippen molar-refractivity contribution in [3.05, 3.63) is 0 Å². The fraction of sp³-hybridized carbons (Fsp3) is 0.875. The Morgan fingerprint density at radius 1 is 1.40 bits per heavy atom. The van der Waals surface area contributed by atoms with E-state index in [9.17, 15) is 8.42 Å². The van der Waals surface area contributed by atoms with Gasteiger partial charge in [0.15, 0.2) is 15.8 Å². The van der Waals surface area contributed by atoms with Gasteiger partial charge in [-0.05, 0) is 6.42 Å². The smallest absolute Gasteiger partial charge is 0.188 e. The van der Waals surface area contributed by atoms with Crippen LogP contribution in [0.25, 0.3) is 0 Å². The Labute approximate surface area is 109 Å². The first-order valence-corrected chi connectivity index (χ1v) is 6.58. The first kappa shape index (κ1) is 17.3. The SMILES string of the molecule is CCCN=C(N)NCCS(=O)(=O)CC.I. The lowest BCUT2D eigenvalue weighted by molar-refractivity contribution is 0.596. The Balaban J connectivity index is 0.